The number of aromatic nitrogens is 2. The molecule has 0 atom stereocenters. The van der Waals surface area contributed by atoms with Gasteiger partial charge < -0.3 is 4.42 Å². The summed E-state index contributed by atoms with van der Waals surface area (Å²) in [5.41, 5.74) is 0. The largest absolute Gasteiger partial charge is 0.424 e. The van der Waals surface area contributed by atoms with Gasteiger partial charge in [0.1, 0.15) is 0 Å². The summed E-state index contributed by atoms with van der Waals surface area (Å²) in [6.45, 7) is 6.83. The lowest BCUT2D eigenvalue weighted by molar-refractivity contribution is 0.167. The number of rotatable bonds is 6. The Kier molecular flexibility index (Phi) is 5.11. The summed E-state index contributed by atoms with van der Waals surface area (Å²) in [4.78, 5) is 2.14. The van der Waals surface area contributed by atoms with Crippen molar-refractivity contribution in [3.63, 3.8) is 0 Å². The maximum atomic E-state index is 12.1. The highest BCUT2D eigenvalue weighted by atomic mass is 32.2. The first kappa shape index (κ1) is 15.4. The van der Waals surface area contributed by atoms with Crippen LogP contribution in [0.15, 0.2) is 4.42 Å². The van der Waals surface area contributed by atoms with E-state index in [0.29, 0.717) is 44.5 Å². The highest BCUT2D eigenvalue weighted by Gasteiger charge is 2.26. The summed E-state index contributed by atoms with van der Waals surface area (Å²) in [5.74, 6) is 1.40. The fourth-order valence-corrected chi connectivity index (χ4v) is 3.85. The van der Waals surface area contributed by atoms with Gasteiger partial charge in [-0.05, 0) is 6.42 Å². The number of aryl methyl sites for hydroxylation is 1. The molecule has 2 rings (SSSR count). The van der Waals surface area contributed by atoms with Crippen molar-refractivity contribution >= 4 is 10.0 Å². The first-order chi connectivity index (χ1) is 9.51. The van der Waals surface area contributed by atoms with E-state index in [0.717, 1.165) is 12.8 Å². The van der Waals surface area contributed by atoms with E-state index < -0.39 is 10.0 Å². The lowest BCUT2D eigenvalue weighted by Gasteiger charge is -2.33. The molecule has 0 aliphatic carbocycles. The monoisotopic (exact) mass is 302 g/mol. The van der Waals surface area contributed by atoms with E-state index >= 15 is 0 Å². The third-order valence-corrected chi connectivity index (χ3v) is 5.36. The van der Waals surface area contributed by atoms with Crippen LogP contribution in [-0.2, 0) is 16.6 Å². The Morgan fingerprint density at radius 2 is 1.90 bits per heavy atom. The molecule has 1 aromatic heterocycles. The van der Waals surface area contributed by atoms with E-state index in [9.17, 15) is 8.42 Å². The molecule has 8 heteroatoms. The average Bonchev–Trinajstić information content (AvgIpc) is 2.82. The van der Waals surface area contributed by atoms with Gasteiger partial charge in [-0.25, -0.2) is 8.42 Å². The van der Waals surface area contributed by atoms with Crippen molar-refractivity contribution in [2.24, 2.45) is 0 Å². The zero-order valence-corrected chi connectivity index (χ0v) is 12.9. The van der Waals surface area contributed by atoms with Gasteiger partial charge in [0.2, 0.25) is 21.8 Å². The van der Waals surface area contributed by atoms with Crippen LogP contribution in [0.4, 0.5) is 0 Å². The van der Waals surface area contributed by atoms with Gasteiger partial charge >= 0.3 is 0 Å². The fourth-order valence-electron chi connectivity index (χ4n) is 2.21. The van der Waals surface area contributed by atoms with Crippen LogP contribution < -0.4 is 0 Å². The molecule has 1 aliphatic rings. The van der Waals surface area contributed by atoms with Crippen molar-refractivity contribution in [2.45, 2.75) is 33.2 Å². The number of sulfonamides is 1. The molecule has 0 spiro atoms. The van der Waals surface area contributed by atoms with Gasteiger partial charge in [-0.1, -0.05) is 13.3 Å². The molecule has 1 aromatic rings. The molecule has 20 heavy (non-hydrogen) atoms. The van der Waals surface area contributed by atoms with Crippen LogP contribution in [0.3, 0.4) is 0 Å². The maximum Gasteiger partial charge on any atom is 0.230 e. The third kappa shape index (κ3) is 4.00. The van der Waals surface area contributed by atoms with Gasteiger partial charge in [0.05, 0.1) is 12.3 Å². The van der Waals surface area contributed by atoms with Crippen molar-refractivity contribution in [1.82, 2.24) is 19.4 Å². The molecule has 0 saturated carbocycles. The normalized spacial score (nSPS) is 18.5. The average molecular weight is 302 g/mol. The molecule has 1 aliphatic heterocycles. The smallest absolute Gasteiger partial charge is 0.230 e. The zero-order valence-electron chi connectivity index (χ0n) is 12.1. The topological polar surface area (TPSA) is 79.5 Å². The van der Waals surface area contributed by atoms with Crippen LogP contribution in [-0.4, -0.2) is 59.8 Å². The Balaban J connectivity index is 1.83. The highest BCUT2D eigenvalue weighted by Crippen LogP contribution is 2.12. The first-order valence-corrected chi connectivity index (χ1v) is 8.61. The van der Waals surface area contributed by atoms with E-state index in [4.69, 9.17) is 4.42 Å². The second-order valence-corrected chi connectivity index (χ2v) is 7.15. The van der Waals surface area contributed by atoms with E-state index in [2.05, 4.69) is 15.1 Å². The summed E-state index contributed by atoms with van der Waals surface area (Å²) >= 11 is 0. The van der Waals surface area contributed by atoms with Crippen molar-refractivity contribution in [3.05, 3.63) is 11.8 Å². The third-order valence-electron chi connectivity index (χ3n) is 3.41. The molecular formula is C12H22N4O3S. The van der Waals surface area contributed by atoms with Crippen LogP contribution in [0.2, 0.25) is 0 Å². The minimum absolute atomic E-state index is 0.256. The van der Waals surface area contributed by atoms with Crippen LogP contribution in [0, 0.1) is 6.92 Å². The predicted octanol–water partition coefficient (Wildman–Crippen LogP) is 0.626. The summed E-state index contributed by atoms with van der Waals surface area (Å²) in [7, 11) is -3.08. The van der Waals surface area contributed by atoms with Gasteiger partial charge in [0.25, 0.3) is 0 Å². The fraction of sp³-hybridized carbons (Fsp3) is 0.833. The number of piperazine rings is 1. The zero-order chi connectivity index (χ0) is 14.6. The lowest BCUT2D eigenvalue weighted by Crippen LogP contribution is -2.48. The van der Waals surface area contributed by atoms with Crippen LogP contribution in [0.5, 0.6) is 0 Å². The molecular weight excluding hydrogens is 280 g/mol. The van der Waals surface area contributed by atoms with Gasteiger partial charge in [-0.2, -0.15) is 4.31 Å². The molecule has 7 nitrogen and oxygen atoms in total. The molecule has 1 fully saturated rings. The molecule has 0 bridgehead atoms. The molecule has 114 valence electrons. The van der Waals surface area contributed by atoms with Crippen molar-refractivity contribution in [3.8, 4) is 0 Å². The highest BCUT2D eigenvalue weighted by molar-refractivity contribution is 7.89. The standard InChI is InChI=1S/C12H22N4O3S/c1-3-4-9-20(17,18)16-7-5-15(6-8-16)10-12-14-13-11(2)19-12/h3-10H2,1-2H3. The minimum Gasteiger partial charge on any atom is -0.424 e. The van der Waals surface area contributed by atoms with Gasteiger partial charge in [0, 0.05) is 33.1 Å². The summed E-state index contributed by atoms with van der Waals surface area (Å²) < 4.78 is 31.1. The summed E-state index contributed by atoms with van der Waals surface area (Å²) in [6, 6.07) is 0. The second kappa shape index (κ2) is 6.64. The van der Waals surface area contributed by atoms with Crippen molar-refractivity contribution in [2.75, 3.05) is 31.9 Å². The Morgan fingerprint density at radius 3 is 2.45 bits per heavy atom. The van der Waals surface area contributed by atoms with E-state index in [1.165, 1.54) is 0 Å². The first-order valence-electron chi connectivity index (χ1n) is 7.00. The lowest BCUT2D eigenvalue weighted by atomic mass is 10.3. The Labute approximate surface area is 120 Å². The number of unbranched alkanes of at least 4 members (excludes halogenated alkanes) is 1. The number of hydrogen-bond acceptors (Lipinski definition) is 6. The van der Waals surface area contributed by atoms with Gasteiger partial charge in [-0.15, -0.1) is 10.2 Å². The molecule has 0 aromatic carbocycles. The second-order valence-electron chi connectivity index (χ2n) is 5.06. The predicted molar refractivity (Wildman–Crippen MR) is 74.6 cm³/mol. The van der Waals surface area contributed by atoms with Gasteiger partial charge in [0.15, 0.2) is 0 Å². The van der Waals surface area contributed by atoms with E-state index in [-0.39, 0.29) is 5.75 Å². The molecule has 0 N–H and O–H groups in total. The van der Waals surface area contributed by atoms with E-state index in [1.54, 1.807) is 11.2 Å². The molecule has 2 heterocycles. The molecule has 0 unspecified atom stereocenters. The van der Waals surface area contributed by atoms with Crippen molar-refractivity contribution < 1.29 is 12.8 Å². The minimum atomic E-state index is -3.08. The quantitative estimate of drug-likeness (QED) is 0.766. The Hall–Kier alpha value is -0.990. The van der Waals surface area contributed by atoms with Crippen LogP contribution in [0.25, 0.3) is 0 Å². The Morgan fingerprint density at radius 1 is 1.20 bits per heavy atom. The number of nitrogens with zero attached hydrogens (tertiary/aromatic N) is 4. The summed E-state index contributed by atoms with van der Waals surface area (Å²) in [6.07, 6.45) is 1.62. The van der Waals surface area contributed by atoms with Crippen LogP contribution >= 0.6 is 0 Å². The SMILES string of the molecule is CCCCS(=O)(=O)N1CCN(Cc2nnc(C)o2)CC1. The maximum absolute atomic E-state index is 12.1. The van der Waals surface area contributed by atoms with Crippen molar-refractivity contribution in [1.29, 1.82) is 0 Å². The van der Waals surface area contributed by atoms with E-state index in [1.807, 2.05) is 6.92 Å². The van der Waals surface area contributed by atoms with Gasteiger partial charge in [-0.3, -0.25) is 4.90 Å². The molecule has 0 radical (unpaired) electrons. The summed E-state index contributed by atoms with van der Waals surface area (Å²) in [5, 5.41) is 7.75. The number of hydrogen-bond donors (Lipinski definition) is 0. The Bertz CT molecular complexity index is 521. The molecule has 1 saturated heterocycles. The van der Waals surface area contributed by atoms with Crippen LogP contribution in [0.1, 0.15) is 31.5 Å². The molecule has 0 amide bonds.